The van der Waals surface area contributed by atoms with E-state index >= 15 is 8.78 Å². The number of aromatic amines is 3. The lowest BCUT2D eigenvalue weighted by Gasteiger charge is -2.27. The molecule has 6 unspecified atom stereocenters. The number of alkyl halides is 2. The molecule has 0 amide bonds. The van der Waals surface area contributed by atoms with Crippen molar-refractivity contribution in [1.29, 1.82) is 0 Å². The van der Waals surface area contributed by atoms with E-state index < -0.39 is 193 Å². The Morgan fingerprint density at radius 2 is 0.824 bits per heavy atom. The van der Waals surface area contributed by atoms with Crippen molar-refractivity contribution in [2.24, 2.45) is 0 Å². The Morgan fingerprint density at radius 3 is 1.30 bits per heavy atom. The summed E-state index contributed by atoms with van der Waals surface area (Å²) in [5.74, 6) is -0.517. The van der Waals surface area contributed by atoms with Crippen LogP contribution < -0.4 is 51.1 Å². The molecule has 69 heteroatoms. The maximum absolute atomic E-state index is 16.0. The lowest BCUT2D eigenvalue weighted by molar-refractivity contribution is -0.0604. The molecule has 131 heavy (non-hydrogen) atoms. The number of pyridine rings is 1. The number of hydrogen-bond acceptors (Lipinski definition) is 46. The average molecular weight is 2060 g/mol. The maximum atomic E-state index is 16.0. The van der Waals surface area contributed by atoms with E-state index in [2.05, 4.69) is 92.6 Å². The molecule has 9 fully saturated rings. The highest BCUT2D eigenvalue weighted by molar-refractivity contribution is 8.44. The third kappa shape index (κ3) is 18.9. The van der Waals surface area contributed by atoms with E-state index in [1.54, 1.807) is 33.6 Å². The number of thiol groups is 1. The maximum Gasteiger partial charge on any atom is 0.386 e. The average Bonchev–Trinajstić information content (AvgIpc) is 1.67. The molecule has 20 N–H and O–H groups in total. The molecule has 0 radical (unpaired) electrons. The van der Waals surface area contributed by atoms with Crippen LogP contribution in [0.2, 0.25) is 0 Å². The summed E-state index contributed by atoms with van der Waals surface area (Å²) in [5.41, 5.74) is 36.8. The number of nitrogens with two attached hydrogens (primary N) is 6. The van der Waals surface area contributed by atoms with E-state index in [0.717, 1.165) is 15.6 Å². The van der Waals surface area contributed by atoms with E-state index in [0.29, 0.717) is 34.1 Å². The van der Waals surface area contributed by atoms with E-state index in [-0.39, 0.29) is 120 Å². The summed E-state index contributed by atoms with van der Waals surface area (Å²) in [6, 6.07) is 4.73. The SMILES string of the molecule is Nc1nc2c(ncn2[C@@H]2O[C@@H]3COP(=O)(S)O[C@H]4[C@H](F)[C@H](n5nnc6c(N)ccnc65)O[C@@H]4COP(O)(=S)O[C@@H]2[C@H]3F)c(=O)[nH]1.Nc1nc2c(ncn2[C@@H]2O[C@@H]3COP(O)(=S)O[C@H]4C[C@H](c5cnc6c(N)ccnn56)O[C@@H]4COP(O)(=S)O[C@@H]2C3)c(=O)[nH]1.Nc1nc2c(ncn2[C@@H]2O[C@@H]3COP(O)(=S)O[C@H]4C[C@H](c5cnc6c(N)ccnn56)O[C@@H]4COP(O)(=S)O[C@@H]2C3)c(=O)[nH]1. The molecule has 12 aromatic heterocycles. The second kappa shape index (κ2) is 35.8. The molecule has 0 aromatic carbocycles. The van der Waals surface area contributed by atoms with E-state index in [9.17, 15) is 43.4 Å². The molecule has 21 rings (SSSR count). The lowest BCUT2D eigenvalue weighted by Crippen LogP contribution is -2.34. The Bertz CT molecular complexity index is 6710. The zero-order valence-corrected chi connectivity index (χ0v) is 76.4. The summed E-state index contributed by atoms with van der Waals surface area (Å²) < 4.78 is 158. The molecular weight excluding hydrogens is 1990 g/mol. The number of halogens is 2. The Labute approximate surface area is 759 Å². The van der Waals surface area contributed by atoms with Crippen molar-refractivity contribution in [1.82, 2.24) is 108 Å². The number of anilines is 6. The van der Waals surface area contributed by atoms with Gasteiger partial charge in [-0.2, -0.15) is 29.8 Å². The van der Waals surface area contributed by atoms with Crippen LogP contribution >= 0.6 is 52.6 Å². The summed E-state index contributed by atoms with van der Waals surface area (Å²) >= 11 is 30.5. The Hall–Kier alpha value is -7.59. The fraction of sp³-hybridized carbons (Fsp3) is 0.484. The highest BCUT2D eigenvalue weighted by atomic mass is 32.7. The van der Waals surface area contributed by atoms with Gasteiger partial charge in [0.15, 0.2) is 93.2 Å². The molecule has 21 heterocycles. The minimum Gasteiger partial charge on any atom is -0.397 e. The number of fused-ring (bicyclic) bond motifs is 15. The number of H-pyrrole nitrogens is 3. The molecule has 12 aromatic rings. The fourth-order valence-electron chi connectivity index (χ4n) is 15.9. The number of nitrogen functional groups attached to an aromatic ring is 6. The van der Waals surface area contributed by atoms with Crippen molar-refractivity contribution in [2.45, 2.75) is 148 Å². The van der Waals surface area contributed by atoms with Crippen LogP contribution in [-0.4, -0.2) is 257 Å². The molecule has 6 bridgehead atoms. The van der Waals surface area contributed by atoms with Crippen molar-refractivity contribution in [3.63, 3.8) is 0 Å². The Kier molecular flexibility index (Phi) is 25.3. The van der Waals surface area contributed by atoms with Crippen LogP contribution in [0.3, 0.4) is 0 Å². The number of hydrogen-bond donors (Lipinski definition) is 15. The van der Waals surface area contributed by atoms with Crippen LogP contribution in [0.4, 0.5) is 43.7 Å². The second-order valence-electron chi connectivity index (χ2n) is 30.2. The van der Waals surface area contributed by atoms with Gasteiger partial charge in [-0.15, -0.1) is 5.10 Å². The minimum absolute atomic E-state index is 0.0208. The summed E-state index contributed by atoms with van der Waals surface area (Å²) in [6.07, 6.45) is -11.0. The quantitative estimate of drug-likeness (QED) is 0.0827. The molecule has 0 saturated carbocycles. The molecule has 26 atom stereocenters. The van der Waals surface area contributed by atoms with Gasteiger partial charge < -0.3 is 128 Å². The first-order valence-corrected chi connectivity index (χ1v) is 54.3. The zero-order valence-electron chi connectivity index (χ0n) is 66.1. The predicted molar refractivity (Wildman–Crippen MR) is 465 cm³/mol. The van der Waals surface area contributed by atoms with Gasteiger partial charge in [0, 0.05) is 31.9 Å². The largest absolute Gasteiger partial charge is 0.397 e. The highest BCUT2D eigenvalue weighted by Gasteiger charge is 2.56. The zero-order chi connectivity index (χ0) is 92.0. The second-order valence-corrected chi connectivity index (χ2v) is 47.1. The van der Waals surface area contributed by atoms with Crippen molar-refractivity contribution >= 4 is 203 Å². The molecule has 0 spiro atoms. The summed E-state index contributed by atoms with van der Waals surface area (Å²) in [5, 5.41) is 16.4. The Morgan fingerprint density at radius 1 is 0.412 bits per heavy atom. The van der Waals surface area contributed by atoms with Crippen LogP contribution in [-0.2, 0) is 146 Å². The molecule has 55 nitrogen and oxygen atoms in total. The van der Waals surface area contributed by atoms with Gasteiger partial charge in [0.2, 0.25) is 17.8 Å². The predicted octanol–water partition coefficient (Wildman–Crippen LogP) is 1.46. The van der Waals surface area contributed by atoms with Gasteiger partial charge in [0.05, 0.1) is 136 Å². The third-order valence-electron chi connectivity index (χ3n) is 21.6. The van der Waals surface area contributed by atoms with Gasteiger partial charge in [-0.3, -0.25) is 56.6 Å². The number of aromatic nitrogens is 22. The van der Waals surface area contributed by atoms with Gasteiger partial charge in [-0.25, -0.2) is 52.3 Å². The summed E-state index contributed by atoms with van der Waals surface area (Å²) in [4.78, 5) is 136. The molecule has 0 aliphatic carbocycles. The van der Waals surface area contributed by atoms with Crippen LogP contribution in [0.25, 0.3) is 55.9 Å². The normalized spacial score (nSPS) is 36.2. The minimum atomic E-state index is -4.46. The number of imidazole rings is 5. The highest BCUT2D eigenvalue weighted by Crippen LogP contribution is 2.61. The third-order valence-corrected chi connectivity index (χ3v) is 31.2. The van der Waals surface area contributed by atoms with Crippen LogP contribution in [0.5, 0.6) is 0 Å². The molecule has 9 aliphatic heterocycles. The number of ether oxygens (including phenoxy) is 6. The first kappa shape index (κ1) is 92.5. The van der Waals surface area contributed by atoms with Gasteiger partial charge in [0.1, 0.15) is 61.0 Å². The van der Waals surface area contributed by atoms with Crippen molar-refractivity contribution in [3.8, 4) is 0 Å². The van der Waals surface area contributed by atoms with Crippen LogP contribution in [0.1, 0.15) is 74.2 Å². The molecule has 702 valence electrons. The molecule has 9 aliphatic rings. The first-order chi connectivity index (χ1) is 62.2. The van der Waals surface area contributed by atoms with Crippen molar-refractivity contribution in [3.05, 3.63) is 111 Å². The van der Waals surface area contributed by atoms with E-state index in [4.69, 9.17) is 176 Å². The summed E-state index contributed by atoms with van der Waals surface area (Å²) in [6.45, 7) is -26.7. The fourth-order valence-corrected chi connectivity index (χ4v) is 24.7. The van der Waals surface area contributed by atoms with Crippen LogP contribution in [0, 0.1) is 0 Å². The van der Waals surface area contributed by atoms with Gasteiger partial charge >= 0.3 is 40.4 Å². The Balaban J connectivity index is 0.000000127. The van der Waals surface area contributed by atoms with Gasteiger partial charge in [0.25, 0.3) is 16.7 Å². The van der Waals surface area contributed by atoms with Gasteiger partial charge in [-0.05, 0) is 77.2 Å². The lowest BCUT2D eigenvalue weighted by atomic mass is 10.1. The molecular formula is C62H72F2N28O27P6S6. The smallest absolute Gasteiger partial charge is 0.386 e. The van der Waals surface area contributed by atoms with E-state index in [1.807, 2.05) is 0 Å². The molecule has 9 saturated heterocycles. The standard InChI is InChI=1S/2C21H25N9O9P2S2.C20H22F2N10O9P2S2/c2*22-10-1-2-26-30-11(5-24-17(10)30)12-4-13-15(37-12)7-35-41(33,43)39-14-3-9(6-34-40(32,42)38-13)36-20(14)29-8-25-16-18(29)27-21(23)28-19(16)31;21-9-7-3-36-42(34,44)40-13-8(39-18(10(13)22)32-15-11(29-30-32)6(23)1-2-25-15)4-37-43(35,45)41-14(9)19(38-7)31-5-26-12-16(31)27-20(24)28-17(12)33/h2*1-2,5,8-9,12-15,20H,3-4,6-7,22H2,(H,32,42)(H,33,43)(H3,23,27,28,31);1-2,5,7-10,13-14,18-19H,3-4H2,(H2,23,25)(H,34,44)(H,35,45)(H3,24,27,28,33)/t2*9-,12+,13-,14+,15+,20+,40?,41?;7-,8-,9+,10+,13-,14-,18-,19-,42?,43?/m001/s1. The number of rotatable bonds is 6. The van der Waals surface area contributed by atoms with Crippen molar-refractivity contribution < 1.29 is 121 Å². The number of nitrogens with zero attached hydrogens (tertiary/aromatic N) is 19. The monoisotopic (exact) mass is 2060 g/mol. The van der Waals surface area contributed by atoms with E-state index in [1.165, 1.54) is 46.4 Å². The van der Waals surface area contributed by atoms with Gasteiger partial charge in [-0.1, -0.05) is 17.5 Å². The topological polar surface area (TPSA) is 735 Å². The first-order valence-electron chi connectivity index (χ1n) is 38.7. The van der Waals surface area contributed by atoms with Crippen molar-refractivity contribution in [2.75, 3.05) is 74.0 Å². The number of nitrogens with one attached hydrogen (secondary N) is 3. The van der Waals surface area contributed by atoms with Crippen LogP contribution in [0.15, 0.2) is 82.5 Å². The summed E-state index contributed by atoms with van der Waals surface area (Å²) in [7, 11) is 0.